The van der Waals surface area contributed by atoms with Crippen LogP contribution in [-0.4, -0.2) is 16.9 Å². The molecule has 0 rings (SSSR count). The lowest BCUT2D eigenvalue weighted by molar-refractivity contribution is -0.299. The summed E-state index contributed by atoms with van der Waals surface area (Å²) in [4.78, 5) is 9.49. The van der Waals surface area contributed by atoms with Crippen molar-refractivity contribution in [2.75, 3.05) is 0 Å². The molecule has 0 unspecified atom stereocenters. The summed E-state index contributed by atoms with van der Waals surface area (Å²) in [6.45, 7) is 4.48. The van der Waals surface area contributed by atoms with Crippen LogP contribution in [0.15, 0.2) is 12.2 Å². The summed E-state index contributed by atoms with van der Waals surface area (Å²) >= 11 is 0. The molecule has 0 aromatic carbocycles. The lowest BCUT2D eigenvalue weighted by atomic mass is 10.4. The van der Waals surface area contributed by atoms with Gasteiger partial charge in [0.25, 0.3) is 0 Å². The summed E-state index contributed by atoms with van der Waals surface area (Å²) in [5.41, 5.74) is 0.0648. The minimum Gasteiger partial charge on any atom is -0.545 e. The maximum Gasteiger partial charge on any atom is 0.0666 e. The lowest BCUT2D eigenvalue weighted by Crippen LogP contribution is -2.22. The zero-order valence-electron chi connectivity index (χ0n) is 4.02. The molecular weight excluding hydrogens is 108 g/mol. The molecule has 0 bridgehead atoms. The fourth-order valence-electron chi connectivity index (χ4n) is 0. The summed E-state index contributed by atoms with van der Waals surface area (Å²) < 4.78 is 0. The van der Waals surface area contributed by atoms with Crippen LogP contribution in [0.1, 0.15) is 6.92 Å². The number of rotatable bonds is 1. The van der Waals surface area contributed by atoms with E-state index in [-0.39, 0.29) is 16.5 Å². The van der Waals surface area contributed by atoms with Gasteiger partial charge in [0.15, 0.2) is 0 Å². The van der Waals surface area contributed by atoms with Crippen LogP contribution < -0.4 is 5.11 Å². The Labute approximate surface area is 46.9 Å². The number of carbonyl (C=O) groups is 1. The molecule has 0 aromatic rings. The maximum atomic E-state index is 9.49. The van der Waals surface area contributed by atoms with Gasteiger partial charge >= 0.3 is 0 Å². The van der Waals surface area contributed by atoms with E-state index in [9.17, 15) is 9.90 Å². The van der Waals surface area contributed by atoms with Crippen LogP contribution in [0, 0.1) is 0 Å². The third-order valence-corrected chi connectivity index (χ3v) is 0.348. The van der Waals surface area contributed by atoms with Crippen LogP contribution >= 0.6 is 0 Å². The lowest BCUT2D eigenvalue weighted by Gasteiger charge is -1.93. The second-order valence-corrected chi connectivity index (χ2v) is 1.07. The van der Waals surface area contributed by atoms with E-state index in [1.54, 1.807) is 0 Å². The summed E-state index contributed by atoms with van der Waals surface area (Å²) in [5, 5.41) is 9.49. The predicted octanol–water partition coefficient (Wildman–Crippen LogP) is -1.07. The number of hydrogen-bond acceptors (Lipinski definition) is 2. The Kier molecular flexibility index (Phi) is 4.98. The van der Waals surface area contributed by atoms with Gasteiger partial charge in [-0.25, -0.2) is 0 Å². The highest BCUT2D eigenvalue weighted by Crippen LogP contribution is 1.77. The van der Waals surface area contributed by atoms with E-state index in [0.29, 0.717) is 0 Å². The fraction of sp³-hybridized carbons (Fsp3) is 0.250. The van der Waals surface area contributed by atoms with Crippen molar-refractivity contribution in [2.45, 2.75) is 6.92 Å². The van der Waals surface area contributed by atoms with Gasteiger partial charge in [0.05, 0.1) is 5.97 Å². The van der Waals surface area contributed by atoms with Crippen molar-refractivity contribution in [1.82, 2.24) is 0 Å². The number of carboxylic acids is 1. The van der Waals surface area contributed by atoms with Crippen LogP contribution in [0.3, 0.4) is 0 Å². The Hall–Kier alpha value is -0.573. The summed E-state index contributed by atoms with van der Waals surface area (Å²) in [5.74, 6) is -1.19. The summed E-state index contributed by atoms with van der Waals surface area (Å²) in [6.07, 6.45) is 0. The third kappa shape index (κ3) is 5.43. The van der Waals surface area contributed by atoms with Crippen molar-refractivity contribution in [3.05, 3.63) is 12.2 Å². The van der Waals surface area contributed by atoms with E-state index in [1.807, 2.05) is 0 Å². The molecule has 0 spiro atoms. The van der Waals surface area contributed by atoms with Gasteiger partial charge in [-0.05, 0) is 12.5 Å². The van der Waals surface area contributed by atoms with Crippen LogP contribution in [0.5, 0.6) is 0 Å². The van der Waals surface area contributed by atoms with Crippen molar-refractivity contribution in [2.24, 2.45) is 0 Å². The van der Waals surface area contributed by atoms with Gasteiger partial charge < -0.3 is 9.90 Å². The fourth-order valence-corrected chi connectivity index (χ4v) is 0. The van der Waals surface area contributed by atoms with Crippen molar-refractivity contribution in [1.29, 1.82) is 0 Å². The highest BCUT2D eigenvalue weighted by molar-refractivity contribution is 5.82. The van der Waals surface area contributed by atoms with Crippen molar-refractivity contribution in [3.63, 3.8) is 0 Å². The normalized spacial score (nSPS) is 6.43. The standard InChI is InChI=1S/C4H6O2.Si/c1-3(2)4(5)6;/h1H2,2H3,(H,5,6);/p-1. The number of aliphatic carboxylic acids is 1. The molecule has 0 fully saturated rings. The molecule has 0 aliphatic carbocycles. The van der Waals surface area contributed by atoms with Crippen molar-refractivity contribution < 1.29 is 9.90 Å². The first-order valence-electron chi connectivity index (χ1n) is 1.51. The first kappa shape index (κ1) is 9.66. The van der Waals surface area contributed by atoms with E-state index in [2.05, 4.69) is 6.58 Å². The highest BCUT2D eigenvalue weighted by atomic mass is 28.1. The van der Waals surface area contributed by atoms with Gasteiger partial charge in [0, 0.05) is 11.0 Å². The smallest absolute Gasteiger partial charge is 0.0666 e. The molecular formula is C4H5O2Si-. The topological polar surface area (TPSA) is 40.1 Å². The molecule has 0 aliphatic rings. The molecule has 2 nitrogen and oxygen atoms in total. The minimum absolute atomic E-state index is 0. The van der Waals surface area contributed by atoms with Gasteiger partial charge in [-0.15, -0.1) is 0 Å². The van der Waals surface area contributed by atoms with Gasteiger partial charge in [-0.2, -0.15) is 0 Å². The van der Waals surface area contributed by atoms with E-state index < -0.39 is 5.97 Å². The predicted molar refractivity (Wildman–Crippen MR) is 25.6 cm³/mol. The molecule has 0 N–H and O–H groups in total. The molecule has 0 amide bonds. The zero-order chi connectivity index (χ0) is 5.15. The van der Waals surface area contributed by atoms with Crippen molar-refractivity contribution in [3.8, 4) is 0 Å². The van der Waals surface area contributed by atoms with Crippen molar-refractivity contribution >= 4 is 16.9 Å². The Morgan fingerprint density at radius 2 is 1.86 bits per heavy atom. The van der Waals surface area contributed by atoms with Gasteiger partial charge in [0.1, 0.15) is 0 Å². The quantitative estimate of drug-likeness (QED) is 0.321. The molecule has 0 atom stereocenters. The van der Waals surface area contributed by atoms with Gasteiger partial charge in [0.2, 0.25) is 0 Å². The number of carboxylic acid groups (broad SMARTS) is 1. The summed E-state index contributed by atoms with van der Waals surface area (Å²) in [6, 6.07) is 0. The molecule has 38 valence electrons. The molecule has 0 aliphatic heterocycles. The second kappa shape index (κ2) is 3.61. The second-order valence-electron chi connectivity index (χ2n) is 1.07. The average Bonchev–Trinajstić information content (AvgIpc) is 1.36. The largest absolute Gasteiger partial charge is 0.545 e. The molecule has 0 heterocycles. The zero-order valence-corrected chi connectivity index (χ0v) is 5.02. The number of hydrogen-bond donors (Lipinski definition) is 0. The van der Waals surface area contributed by atoms with E-state index in [1.165, 1.54) is 6.92 Å². The number of carbonyl (C=O) groups excluding carboxylic acids is 1. The molecule has 0 saturated heterocycles. The monoisotopic (exact) mass is 113 g/mol. The first-order chi connectivity index (χ1) is 2.64. The Bertz CT molecular complexity index is 75.7. The van der Waals surface area contributed by atoms with Crippen LogP contribution in [0.25, 0.3) is 0 Å². The van der Waals surface area contributed by atoms with Gasteiger partial charge in [-0.1, -0.05) is 6.58 Å². The first-order valence-corrected chi connectivity index (χ1v) is 1.51. The van der Waals surface area contributed by atoms with E-state index >= 15 is 0 Å². The Balaban J connectivity index is 0. The highest BCUT2D eigenvalue weighted by Gasteiger charge is 1.76. The maximum absolute atomic E-state index is 9.49. The Morgan fingerprint density at radius 3 is 1.86 bits per heavy atom. The molecule has 7 heavy (non-hydrogen) atoms. The average molecular weight is 113 g/mol. The summed E-state index contributed by atoms with van der Waals surface area (Å²) in [7, 11) is 0. The van der Waals surface area contributed by atoms with Gasteiger partial charge in [-0.3, -0.25) is 0 Å². The van der Waals surface area contributed by atoms with Crippen LogP contribution in [0.4, 0.5) is 0 Å². The molecule has 4 radical (unpaired) electrons. The van der Waals surface area contributed by atoms with E-state index in [4.69, 9.17) is 0 Å². The SMILES string of the molecule is C=C(C)C(=O)[O-].[Si]. The molecule has 3 heteroatoms. The Morgan fingerprint density at radius 1 is 1.71 bits per heavy atom. The molecule has 0 aromatic heterocycles. The minimum atomic E-state index is -1.19. The van der Waals surface area contributed by atoms with Crippen LogP contribution in [-0.2, 0) is 4.79 Å². The van der Waals surface area contributed by atoms with Crippen LogP contribution in [0.2, 0.25) is 0 Å². The third-order valence-electron chi connectivity index (χ3n) is 0.348. The van der Waals surface area contributed by atoms with E-state index in [0.717, 1.165) is 0 Å². The molecule has 0 saturated carbocycles.